The topological polar surface area (TPSA) is 57.5 Å². The first kappa shape index (κ1) is 7.72. The highest BCUT2D eigenvalue weighted by atomic mass is 35.5. The summed E-state index contributed by atoms with van der Waals surface area (Å²) in [5.41, 5.74) is 0. The van der Waals surface area contributed by atoms with Gasteiger partial charge >= 0.3 is 5.97 Å². The number of alkyl halides is 1. The fraction of sp³-hybridized carbons (Fsp3) is 0.750. The van der Waals surface area contributed by atoms with E-state index in [1.807, 2.05) is 0 Å². The predicted molar refractivity (Wildman–Crippen MR) is 29.0 cm³/mol. The lowest BCUT2D eigenvalue weighted by Gasteiger charge is -2.04. The molecule has 48 valence electrons. The summed E-state index contributed by atoms with van der Waals surface area (Å²) < 4.78 is 0. The standard InChI is InChI=1S/C4H7ClO3/c1-2(6)3(5)4(7)8/h2-3,6H,1H3,(H,7,8)/t2-,3+/m1/s1. The van der Waals surface area contributed by atoms with Gasteiger partial charge in [-0.1, -0.05) is 0 Å². The van der Waals surface area contributed by atoms with Gasteiger partial charge in [0.2, 0.25) is 0 Å². The number of rotatable bonds is 2. The van der Waals surface area contributed by atoms with Crippen molar-refractivity contribution in [2.24, 2.45) is 0 Å². The van der Waals surface area contributed by atoms with Crippen molar-refractivity contribution in [2.75, 3.05) is 0 Å². The largest absolute Gasteiger partial charge is 0.480 e. The van der Waals surface area contributed by atoms with E-state index >= 15 is 0 Å². The van der Waals surface area contributed by atoms with E-state index in [0.717, 1.165) is 0 Å². The zero-order valence-electron chi connectivity index (χ0n) is 4.34. The van der Waals surface area contributed by atoms with Gasteiger partial charge in [-0.3, -0.25) is 4.79 Å². The predicted octanol–water partition coefficient (Wildman–Crippen LogP) is 0.0592. The molecule has 0 aliphatic rings. The number of aliphatic carboxylic acids is 1. The highest BCUT2D eigenvalue weighted by Gasteiger charge is 2.18. The maximum Gasteiger partial charge on any atom is 0.324 e. The molecule has 0 radical (unpaired) electrons. The van der Waals surface area contributed by atoms with Gasteiger partial charge in [0.1, 0.15) is 0 Å². The normalized spacial score (nSPS) is 17.4. The molecule has 0 aliphatic carbocycles. The Labute approximate surface area is 51.9 Å². The molecule has 8 heavy (non-hydrogen) atoms. The van der Waals surface area contributed by atoms with Crippen molar-refractivity contribution in [3.8, 4) is 0 Å². The zero-order valence-corrected chi connectivity index (χ0v) is 5.09. The summed E-state index contributed by atoms with van der Waals surface area (Å²) >= 11 is 5.10. The minimum absolute atomic E-state index is 0.992. The third-order valence-electron chi connectivity index (χ3n) is 0.659. The monoisotopic (exact) mass is 138 g/mol. The van der Waals surface area contributed by atoms with E-state index in [1.54, 1.807) is 0 Å². The lowest BCUT2D eigenvalue weighted by atomic mass is 10.3. The van der Waals surface area contributed by atoms with E-state index in [-0.39, 0.29) is 0 Å². The van der Waals surface area contributed by atoms with Gasteiger partial charge in [-0.2, -0.15) is 0 Å². The molecule has 4 heteroatoms. The molecule has 0 saturated heterocycles. The van der Waals surface area contributed by atoms with Gasteiger partial charge in [0.15, 0.2) is 5.38 Å². The van der Waals surface area contributed by atoms with E-state index < -0.39 is 17.5 Å². The molecule has 2 atom stereocenters. The quantitative estimate of drug-likeness (QED) is 0.531. The van der Waals surface area contributed by atoms with Gasteiger partial charge in [0.05, 0.1) is 6.10 Å². The molecule has 0 aromatic heterocycles. The number of halogens is 1. The summed E-state index contributed by atoms with van der Waals surface area (Å²) in [6, 6.07) is 0. The van der Waals surface area contributed by atoms with Crippen LogP contribution in [0.2, 0.25) is 0 Å². The summed E-state index contributed by atoms with van der Waals surface area (Å²) in [6.07, 6.45) is -0.992. The van der Waals surface area contributed by atoms with E-state index in [2.05, 4.69) is 0 Å². The molecular formula is C4H7ClO3. The second-order valence-corrected chi connectivity index (χ2v) is 1.95. The Hall–Kier alpha value is -0.280. The van der Waals surface area contributed by atoms with Crippen molar-refractivity contribution in [3.63, 3.8) is 0 Å². The van der Waals surface area contributed by atoms with Crippen molar-refractivity contribution in [2.45, 2.75) is 18.4 Å². The van der Waals surface area contributed by atoms with Crippen LogP contribution in [0.4, 0.5) is 0 Å². The number of aliphatic hydroxyl groups excluding tert-OH is 1. The first-order valence-corrected chi connectivity index (χ1v) is 2.54. The number of hydrogen-bond donors (Lipinski definition) is 2. The zero-order chi connectivity index (χ0) is 6.73. The van der Waals surface area contributed by atoms with Crippen LogP contribution in [0, 0.1) is 0 Å². The lowest BCUT2D eigenvalue weighted by molar-refractivity contribution is -0.138. The minimum atomic E-state index is -1.19. The van der Waals surface area contributed by atoms with Crippen LogP contribution in [0.25, 0.3) is 0 Å². The van der Waals surface area contributed by atoms with Crippen molar-refractivity contribution >= 4 is 17.6 Å². The summed E-state index contributed by atoms with van der Waals surface area (Å²) in [5, 5.41) is 15.4. The molecule has 0 amide bonds. The lowest BCUT2D eigenvalue weighted by Crippen LogP contribution is -2.25. The fourth-order valence-corrected chi connectivity index (χ4v) is 0.206. The summed E-state index contributed by atoms with van der Waals surface area (Å²) in [4.78, 5) is 9.85. The van der Waals surface area contributed by atoms with Crippen LogP contribution >= 0.6 is 11.6 Å². The van der Waals surface area contributed by atoms with E-state index in [1.165, 1.54) is 6.92 Å². The molecule has 0 saturated carbocycles. The molecule has 0 aromatic rings. The summed E-state index contributed by atoms with van der Waals surface area (Å²) in [6.45, 7) is 1.33. The molecule has 0 aliphatic heterocycles. The molecule has 0 bridgehead atoms. The third-order valence-corrected chi connectivity index (χ3v) is 1.21. The Bertz CT molecular complexity index is 91.3. The van der Waals surface area contributed by atoms with Gasteiger partial charge in [0.25, 0.3) is 0 Å². The van der Waals surface area contributed by atoms with Crippen LogP contribution in [0.3, 0.4) is 0 Å². The van der Waals surface area contributed by atoms with Crippen LogP contribution in [-0.4, -0.2) is 27.7 Å². The van der Waals surface area contributed by atoms with Gasteiger partial charge in [-0.05, 0) is 6.92 Å². The van der Waals surface area contributed by atoms with Crippen molar-refractivity contribution in [3.05, 3.63) is 0 Å². The number of carboxylic acid groups (broad SMARTS) is 1. The third kappa shape index (κ3) is 2.14. The van der Waals surface area contributed by atoms with Crippen LogP contribution in [0.15, 0.2) is 0 Å². The van der Waals surface area contributed by atoms with E-state index in [9.17, 15) is 4.79 Å². The Balaban J connectivity index is 3.64. The Morgan fingerprint density at radius 3 is 2.12 bits per heavy atom. The Kier molecular flexibility index (Phi) is 2.79. The van der Waals surface area contributed by atoms with Gasteiger partial charge in [-0.25, -0.2) is 0 Å². The molecule has 2 N–H and O–H groups in total. The maximum atomic E-state index is 9.85. The molecular weight excluding hydrogens is 131 g/mol. The molecule has 0 fully saturated rings. The highest BCUT2D eigenvalue weighted by Crippen LogP contribution is 2.00. The number of carboxylic acids is 1. The summed E-state index contributed by atoms with van der Waals surface area (Å²) in [5.74, 6) is -1.19. The van der Waals surface area contributed by atoms with Gasteiger partial charge in [0, 0.05) is 0 Å². The second kappa shape index (κ2) is 2.89. The molecule has 0 heterocycles. The highest BCUT2D eigenvalue weighted by molar-refractivity contribution is 6.30. The van der Waals surface area contributed by atoms with Crippen LogP contribution in [-0.2, 0) is 4.79 Å². The molecule has 0 unspecified atom stereocenters. The van der Waals surface area contributed by atoms with Crippen LogP contribution in [0.1, 0.15) is 6.92 Å². The Morgan fingerprint density at radius 2 is 2.12 bits per heavy atom. The van der Waals surface area contributed by atoms with Crippen LogP contribution in [0.5, 0.6) is 0 Å². The number of carbonyl (C=O) groups is 1. The first-order chi connectivity index (χ1) is 3.55. The average molecular weight is 139 g/mol. The maximum absolute atomic E-state index is 9.85. The van der Waals surface area contributed by atoms with Crippen molar-refractivity contribution in [1.29, 1.82) is 0 Å². The van der Waals surface area contributed by atoms with E-state index in [0.29, 0.717) is 0 Å². The molecule has 0 rings (SSSR count). The Morgan fingerprint density at radius 1 is 1.75 bits per heavy atom. The van der Waals surface area contributed by atoms with Crippen molar-refractivity contribution in [1.82, 2.24) is 0 Å². The molecule has 3 nitrogen and oxygen atoms in total. The smallest absolute Gasteiger partial charge is 0.324 e. The fourth-order valence-electron chi connectivity index (χ4n) is 0.206. The van der Waals surface area contributed by atoms with Gasteiger partial charge < -0.3 is 10.2 Å². The van der Waals surface area contributed by atoms with Crippen molar-refractivity contribution < 1.29 is 15.0 Å². The molecule has 0 spiro atoms. The second-order valence-electron chi connectivity index (χ2n) is 1.48. The van der Waals surface area contributed by atoms with Crippen LogP contribution < -0.4 is 0 Å². The average Bonchev–Trinajstić information content (AvgIpc) is 1.64. The number of aliphatic hydroxyl groups is 1. The SMILES string of the molecule is C[C@@H](O)[C@H](Cl)C(=O)O. The first-order valence-electron chi connectivity index (χ1n) is 2.10. The molecule has 0 aromatic carbocycles. The minimum Gasteiger partial charge on any atom is -0.480 e. The summed E-state index contributed by atoms with van der Waals surface area (Å²) in [7, 11) is 0. The number of hydrogen-bond acceptors (Lipinski definition) is 2. The van der Waals surface area contributed by atoms with Gasteiger partial charge in [-0.15, -0.1) is 11.6 Å². The van der Waals surface area contributed by atoms with E-state index in [4.69, 9.17) is 21.8 Å².